The lowest BCUT2D eigenvalue weighted by molar-refractivity contribution is -0.0166. The SMILES string of the molecule is COc1cc2c(cc1C(C)(C)N)OCOC2. The van der Waals surface area contributed by atoms with E-state index in [-0.39, 0.29) is 0 Å². The van der Waals surface area contributed by atoms with Gasteiger partial charge in [0.2, 0.25) is 0 Å². The molecule has 0 atom stereocenters. The van der Waals surface area contributed by atoms with Crippen molar-refractivity contribution in [1.82, 2.24) is 0 Å². The lowest BCUT2D eigenvalue weighted by Gasteiger charge is -2.26. The number of hydrogen-bond acceptors (Lipinski definition) is 4. The maximum absolute atomic E-state index is 6.10. The van der Waals surface area contributed by atoms with E-state index in [1.165, 1.54) is 0 Å². The number of ether oxygens (including phenoxy) is 3. The second-order valence-corrected chi connectivity index (χ2v) is 4.49. The Morgan fingerprint density at radius 3 is 2.75 bits per heavy atom. The van der Waals surface area contributed by atoms with E-state index < -0.39 is 5.54 Å². The molecule has 1 heterocycles. The van der Waals surface area contributed by atoms with E-state index in [9.17, 15) is 0 Å². The van der Waals surface area contributed by atoms with E-state index in [1.807, 2.05) is 26.0 Å². The fraction of sp³-hybridized carbons (Fsp3) is 0.500. The van der Waals surface area contributed by atoms with Crippen LogP contribution < -0.4 is 15.2 Å². The molecule has 0 saturated carbocycles. The minimum Gasteiger partial charge on any atom is -0.496 e. The molecule has 2 rings (SSSR count). The lowest BCUT2D eigenvalue weighted by atomic mass is 9.93. The molecule has 0 aliphatic carbocycles. The molecule has 2 N–H and O–H groups in total. The summed E-state index contributed by atoms with van der Waals surface area (Å²) in [4.78, 5) is 0. The number of nitrogens with two attached hydrogens (primary N) is 1. The molecule has 88 valence electrons. The van der Waals surface area contributed by atoms with Crippen LogP contribution in [-0.4, -0.2) is 13.9 Å². The maximum atomic E-state index is 6.10. The Bertz CT molecular complexity index is 396. The molecule has 0 amide bonds. The summed E-state index contributed by atoms with van der Waals surface area (Å²) in [6.45, 7) is 4.73. The van der Waals surface area contributed by atoms with Gasteiger partial charge in [-0.2, -0.15) is 0 Å². The van der Waals surface area contributed by atoms with Crippen LogP contribution in [-0.2, 0) is 16.9 Å². The second-order valence-electron chi connectivity index (χ2n) is 4.49. The highest BCUT2D eigenvalue weighted by atomic mass is 16.7. The summed E-state index contributed by atoms with van der Waals surface area (Å²) in [6.07, 6.45) is 0. The van der Waals surface area contributed by atoms with Gasteiger partial charge >= 0.3 is 0 Å². The van der Waals surface area contributed by atoms with Crippen LogP contribution in [0.5, 0.6) is 11.5 Å². The third-order valence-electron chi connectivity index (χ3n) is 2.63. The minimum absolute atomic E-state index is 0.295. The van der Waals surface area contributed by atoms with E-state index in [2.05, 4.69) is 0 Å². The summed E-state index contributed by atoms with van der Waals surface area (Å²) in [7, 11) is 1.64. The van der Waals surface area contributed by atoms with E-state index >= 15 is 0 Å². The first kappa shape index (κ1) is 11.2. The molecule has 0 fully saturated rings. The molecule has 0 unspecified atom stereocenters. The predicted molar refractivity (Wildman–Crippen MR) is 60.5 cm³/mol. The summed E-state index contributed by atoms with van der Waals surface area (Å²) in [5.41, 5.74) is 7.58. The third-order valence-corrected chi connectivity index (χ3v) is 2.63. The quantitative estimate of drug-likeness (QED) is 0.830. The zero-order valence-corrected chi connectivity index (χ0v) is 9.87. The molecule has 1 aromatic rings. The molecule has 4 nitrogen and oxygen atoms in total. The first-order valence-electron chi connectivity index (χ1n) is 5.23. The molecule has 0 saturated heterocycles. The Morgan fingerprint density at radius 1 is 1.38 bits per heavy atom. The van der Waals surface area contributed by atoms with Crippen molar-refractivity contribution in [2.75, 3.05) is 13.9 Å². The fourth-order valence-electron chi connectivity index (χ4n) is 1.78. The van der Waals surface area contributed by atoms with Crippen molar-refractivity contribution in [1.29, 1.82) is 0 Å². The van der Waals surface area contributed by atoms with Crippen molar-refractivity contribution >= 4 is 0 Å². The average molecular weight is 223 g/mol. The largest absolute Gasteiger partial charge is 0.496 e. The summed E-state index contributed by atoms with van der Waals surface area (Å²) in [5.74, 6) is 1.61. The Kier molecular flexibility index (Phi) is 2.78. The van der Waals surface area contributed by atoms with Crippen molar-refractivity contribution in [2.24, 2.45) is 5.73 Å². The standard InChI is InChI=1S/C12H17NO3/c1-12(2,13)9-5-10-8(4-11(9)14-3)6-15-7-16-10/h4-5H,6-7,13H2,1-3H3. The zero-order chi connectivity index (χ0) is 11.8. The lowest BCUT2D eigenvalue weighted by Crippen LogP contribution is -2.29. The Morgan fingerprint density at radius 2 is 2.12 bits per heavy atom. The summed E-state index contributed by atoms with van der Waals surface area (Å²) >= 11 is 0. The van der Waals surface area contributed by atoms with Gasteiger partial charge in [-0.05, 0) is 26.0 Å². The summed E-state index contributed by atoms with van der Waals surface area (Å²) < 4.78 is 16.0. The molecular weight excluding hydrogens is 206 g/mol. The van der Waals surface area contributed by atoms with E-state index in [0.29, 0.717) is 13.4 Å². The average Bonchev–Trinajstić information content (AvgIpc) is 2.26. The van der Waals surface area contributed by atoms with Gasteiger partial charge in [0.25, 0.3) is 0 Å². The van der Waals surface area contributed by atoms with Gasteiger partial charge in [-0.3, -0.25) is 0 Å². The number of fused-ring (bicyclic) bond motifs is 1. The maximum Gasteiger partial charge on any atom is 0.189 e. The smallest absolute Gasteiger partial charge is 0.189 e. The van der Waals surface area contributed by atoms with Crippen LogP contribution in [0.25, 0.3) is 0 Å². The molecule has 1 aliphatic heterocycles. The highest BCUT2D eigenvalue weighted by Gasteiger charge is 2.23. The van der Waals surface area contributed by atoms with Gasteiger partial charge in [0.15, 0.2) is 6.79 Å². The van der Waals surface area contributed by atoms with Crippen LogP contribution >= 0.6 is 0 Å². The Hall–Kier alpha value is -1.26. The van der Waals surface area contributed by atoms with Crippen molar-refractivity contribution in [2.45, 2.75) is 26.0 Å². The normalized spacial score (nSPS) is 15.2. The van der Waals surface area contributed by atoms with Gasteiger partial charge in [-0.1, -0.05) is 0 Å². The van der Waals surface area contributed by atoms with Gasteiger partial charge in [0.05, 0.1) is 13.7 Å². The molecule has 4 heteroatoms. The molecule has 0 aromatic heterocycles. The van der Waals surface area contributed by atoms with Gasteiger partial charge in [-0.15, -0.1) is 0 Å². The molecule has 0 radical (unpaired) electrons. The van der Waals surface area contributed by atoms with Crippen LogP contribution in [0.4, 0.5) is 0 Å². The van der Waals surface area contributed by atoms with Crippen molar-refractivity contribution < 1.29 is 14.2 Å². The second kappa shape index (κ2) is 3.96. The number of hydrogen-bond donors (Lipinski definition) is 1. The molecule has 0 spiro atoms. The van der Waals surface area contributed by atoms with Crippen LogP contribution in [0, 0.1) is 0 Å². The van der Waals surface area contributed by atoms with Gasteiger partial charge in [0.1, 0.15) is 11.5 Å². The molecule has 0 bridgehead atoms. The van der Waals surface area contributed by atoms with E-state index in [4.69, 9.17) is 19.9 Å². The molecule has 1 aromatic carbocycles. The predicted octanol–water partition coefficient (Wildman–Crippen LogP) is 1.76. The van der Waals surface area contributed by atoms with Gasteiger partial charge in [0, 0.05) is 16.7 Å². The minimum atomic E-state index is -0.456. The number of benzene rings is 1. The van der Waals surface area contributed by atoms with Crippen LogP contribution in [0.3, 0.4) is 0 Å². The zero-order valence-electron chi connectivity index (χ0n) is 9.87. The molecule has 16 heavy (non-hydrogen) atoms. The monoisotopic (exact) mass is 223 g/mol. The Balaban J connectivity index is 2.52. The topological polar surface area (TPSA) is 53.7 Å². The Labute approximate surface area is 95.3 Å². The van der Waals surface area contributed by atoms with Crippen molar-refractivity contribution in [3.63, 3.8) is 0 Å². The van der Waals surface area contributed by atoms with Crippen molar-refractivity contribution in [3.05, 3.63) is 23.3 Å². The van der Waals surface area contributed by atoms with E-state index in [1.54, 1.807) is 7.11 Å². The first-order valence-corrected chi connectivity index (χ1v) is 5.23. The highest BCUT2D eigenvalue weighted by Crippen LogP contribution is 2.36. The summed E-state index contributed by atoms with van der Waals surface area (Å²) in [6, 6.07) is 3.87. The fourth-order valence-corrected chi connectivity index (χ4v) is 1.78. The van der Waals surface area contributed by atoms with Gasteiger partial charge in [-0.25, -0.2) is 0 Å². The third kappa shape index (κ3) is 1.99. The van der Waals surface area contributed by atoms with Crippen LogP contribution in [0.1, 0.15) is 25.0 Å². The number of methoxy groups -OCH3 is 1. The van der Waals surface area contributed by atoms with Crippen LogP contribution in [0.15, 0.2) is 12.1 Å². The van der Waals surface area contributed by atoms with E-state index in [0.717, 1.165) is 22.6 Å². The molecule has 1 aliphatic rings. The molecular formula is C12H17NO3. The number of rotatable bonds is 2. The highest BCUT2D eigenvalue weighted by molar-refractivity contribution is 5.49. The summed E-state index contributed by atoms with van der Waals surface area (Å²) in [5, 5.41) is 0. The van der Waals surface area contributed by atoms with Crippen molar-refractivity contribution in [3.8, 4) is 11.5 Å². The first-order chi connectivity index (χ1) is 7.52. The van der Waals surface area contributed by atoms with Gasteiger partial charge < -0.3 is 19.9 Å². The van der Waals surface area contributed by atoms with Crippen LogP contribution in [0.2, 0.25) is 0 Å².